The van der Waals surface area contributed by atoms with E-state index in [1.165, 1.54) is 142 Å². The highest BCUT2D eigenvalue weighted by Crippen LogP contribution is 2.30. The molecule has 2 rings (SSSR count). The molecule has 3 atom stereocenters. The first-order valence-corrected chi connectivity index (χ1v) is 52.8. The number of carbonyl (C=O) groups excluding carboxylic acids is 11. The molecule has 0 spiro atoms. The molecule has 1 saturated carbocycles. The minimum Gasteiger partial charge on any atom is -0.481 e. The first kappa shape index (κ1) is 133. The van der Waals surface area contributed by atoms with E-state index in [4.69, 9.17) is 48.1 Å². The number of ether oxygens (including phenoxy) is 8. The lowest BCUT2D eigenvalue weighted by molar-refractivity contribution is -0.143. The number of Topliss-reactive ketones (excluding diaryl/α,β-unsaturated/α-hetero) is 2. The Morgan fingerprint density at radius 2 is 0.617 bits per heavy atom. The Morgan fingerprint density at radius 3 is 0.965 bits per heavy atom. The summed E-state index contributed by atoms with van der Waals surface area (Å²) in [7, 11) is 0. The van der Waals surface area contributed by atoms with Crippen LogP contribution in [0.5, 0.6) is 0 Å². The second-order valence-corrected chi connectivity index (χ2v) is 38.9. The zero-order valence-corrected chi connectivity index (χ0v) is 87.1. The van der Waals surface area contributed by atoms with Crippen molar-refractivity contribution in [3.05, 3.63) is 0 Å². The highest BCUT2D eigenvalue weighted by Gasteiger charge is 2.33. The SMILES string of the molecule is CC(=O)NCCOCCOCC(=O)NCCOCCOCC(=O)C(C)(C)C.CC(C)(C)C(=O)COCCOCCNC(=O)COCCOCCNC(=O)[C@H](CCC(=O)O)NC(=O)CC[C@H](NC(=O)C1CCC(CNC(=O)CCCCCCCCCCCCCCCCCCC(=O)O)CC1)C(=O)O.CCCC(NC(=O)C1CCN(C(=O)CCCCCCCCCCCCCCCCCCC(=O)O)CC1)C(=O)O. The van der Waals surface area contributed by atoms with E-state index in [1.807, 2.05) is 53.4 Å². The highest BCUT2D eigenvalue weighted by atomic mass is 16.5. The summed E-state index contributed by atoms with van der Waals surface area (Å²) in [5, 5.41) is 66.8. The number of carboxylic acid groups (broad SMARTS) is 5. The molecule has 0 aromatic heterocycles. The zero-order valence-electron chi connectivity index (χ0n) is 87.1. The fourth-order valence-corrected chi connectivity index (χ4v) is 15.3. The van der Waals surface area contributed by atoms with Crippen LogP contribution < -0.4 is 42.5 Å². The maximum atomic E-state index is 13.1. The molecule has 0 radical (unpaired) electrons. The van der Waals surface area contributed by atoms with Crippen LogP contribution in [0.4, 0.5) is 0 Å². The normalized spacial score (nSPS) is 14.4. The molecule has 1 saturated heterocycles. The third-order valence-electron chi connectivity index (χ3n) is 24.3. The van der Waals surface area contributed by atoms with Crippen molar-refractivity contribution in [2.24, 2.45) is 28.6 Å². The zero-order chi connectivity index (χ0) is 105. The molecule has 1 heterocycles. The molecule has 2 fully saturated rings. The fourth-order valence-electron chi connectivity index (χ4n) is 15.3. The van der Waals surface area contributed by atoms with E-state index in [-0.39, 0.29) is 164 Å². The van der Waals surface area contributed by atoms with Crippen molar-refractivity contribution in [2.45, 2.75) is 382 Å². The molecule has 816 valence electrons. The van der Waals surface area contributed by atoms with E-state index in [0.717, 1.165) is 70.6 Å². The Balaban J connectivity index is 0.00000245. The molecule has 38 heteroatoms. The molecule has 0 bridgehead atoms. The lowest BCUT2D eigenvalue weighted by Gasteiger charge is -2.32. The maximum Gasteiger partial charge on any atom is 0.326 e. The van der Waals surface area contributed by atoms with Gasteiger partial charge in [-0.2, -0.15) is 0 Å². The lowest BCUT2D eigenvalue weighted by atomic mass is 9.81. The average molecular weight is 2010 g/mol. The molecule has 2 aliphatic rings. The molecule has 1 aliphatic carbocycles. The van der Waals surface area contributed by atoms with Crippen LogP contribution in [0.25, 0.3) is 0 Å². The molecular formula is C103H185N9O29. The molecule has 13 N–H and O–H groups in total. The number of carboxylic acids is 5. The van der Waals surface area contributed by atoms with E-state index in [9.17, 15) is 92.0 Å². The Bertz CT molecular complexity index is 3400. The number of rotatable bonds is 88. The van der Waals surface area contributed by atoms with E-state index >= 15 is 0 Å². The molecule has 141 heavy (non-hydrogen) atoms. The van der Waals surface area contributed by atoms with Gasteiger partial charge in [0.25, 0.3) is 0 Å². The van der Waals surface area contributed by atoms with Gasteiger partial charge in [-0.05, 0) is 89.4 Å². The molecule has 0 aromatic rings. The number of nitrogens with zero attached hydrogens (tertiary/aromatic N) is 1. The van der Waals surface area contributed by atoms with Crippen molar-refractivity contribution in [2.75, 3.05) is 152 Å². The third-order valence-corrected chi connectivity index (χ3v) is 24.3. The Kier molecular flexibility index (Phi) is 82.9. The number of carbonyl (C=O) groups is 16. The predicted molar refractivity (Wildman–Crippen MR) is 535 cm³/mol. The monoisotopic (exact) mass is 2010 g/mol. The first-order chi connectivity index (χ1) is 67.5. The fraction of sp³-hybridized carbons (Fsp3) is 0.845. The van der Waals surface area contributed by atoms with Crippen LogP contribution in [-0.4, -0.2) is 295 Å². The topological polar surface area (TPSA) is 548 Å². The van der Waals surface area contributed by atoms with E-state index < -0.39 is 88.9 Å². The predicted octanol–water partition coefficient (Wildman–Crippen LogP) is 12.2. The van der Waals surface area contributed by atoms with Crippen LogP contribution in [0.2, 0.25) is 0 Å². The van der Waals surface area contributed by atoms with Gasteiger partial charge in [-0.15, -0.1) is 0 Å². The lowest BCUT2D eigenvalue weighted by Crippen LogP contribution is -2.48. The Morgan fingerprint density at radius 1 is 0.305 bits per heavy atom. The van der Waals surface area contributed by atoms with Gasteiger partial charge < -0.3 is 111 Å². The molecule has 1 aliphatic heterocycles. The van der Waals surface area contributed by atoms with Crippen molar-refractivity contribution >= 4 is 94.6 Å². The summed E-state index contributed by atoms with van der Waals surface area (Å²) in [5.74, 6) is -7.64. The second kappa shape index (κ2) is 88.1. The number of unbranched alkanes of at least 4 members (excludes halogenated alkanes) is 30. The first-order valence-electron chi connectivity index (χ1n) is 52.8. The molecule has 1 unspecified atom stereocenters. The number of hydrogen-bond acceptors (Lipinski definition) is 24. The van der Waals surface area contributed by atoms with E-state index in [2.05, 4.69) is 42.5 Å². The molecule has 0 aromatic carbocycles. The van der Waals surface area contributed by atoms with Crippen molar-refractivity contribution in [3.8, 4) is 0 Å². The highest BCUT2D eigenvalue weighted by molar-refractivity contribution is 5.90. The number of nitrogens with one attached hydrogen (secondary N) is 8. The van der Waals surface area contributed by atoms with Gasteiger partial charge >= 0.3 is 29.8 Å². The summed E-state index contributed by atoms with van der Waals surface area (Å²) in [6.45, 7) is 20.1. The van der Waals surface area contributed by atoms with Crippen molar-refractivity contribution in [1.29, 1.82) is 0 Å². The van der Waals surface area contributed by atoms with Gasteiger partial charge in [0.1, 0.15) is 44.6 Å². The standard InChI is InChI=1S/C54H95N5O16.C31H56N2O6.C18H34N2O7/c1-54(2,3)45(60)39-74-36-34-72-32-30-55-48(63)40-75-37-35-73-33-31-56-52(69)43(27-29-50(66)67)58-47(62)28-26-44(53(70)71)59-51(68)42-24-22-41(23-25-42)38-57-46(61)20-18-16-14-12-10-8-6-4-5-7-9-11-13-15-17-19-21-49(64)65;1-2-19-27(31(38)39)32-30(37)26-22-24-33(25-23-26)28(34)20-17-15-13-11-9-7-5-3-4-6-8-10-12-14-16-18-21-29(35)36;1-15(21)19-5-7-24-10-12-27-14-17(23)20-6-8-25-9-11-26-13-16(22)18(2,3)4/h41-44H,4-40H2,1-3H3,(H,55,63)(H,56,69)(H,57,61)(H,58,62)(H,59,68)(H,64,65)(H,66,67)(H,70,71);26-27H,2-25H2,1H3,(H,32,37)(H,35,36)(H,38,39);5-14H2,1-4H3,(H,19,21)(H,20,23)/t41?,42?,43-,44-;;/m0../s1. The second-order valence-electron chi connectivity index (χ2n) is 38.9. The number of aliphatic carboxylic acids is 5. The number of likely N-dealkylation sites (tertiary alicyclic amines) is 1. The van der Waals surface area contributed by atoms with Crippen LogP contribution in [0, 0.1) is 28.6 Å². The van der Waals surface area contributed by atoms with Crippen molar-refractivity contribution in [1.82, 2.24) is 47.4 Å². The average Bonchev–Trinajstić information content (AvgIpc) is 0.867. The molecule has 38 nitrogen and oxygen atoms in total. The quantitative estimate of drug-likeness (QED) is 0.0252. The van der Waals surface area contributed by atoms with E-state index in [0.29, 0.717) is 143 Å². The van der Waals surface area contributed by atoms with Gasteiger partial charge in [0, 0.05) is 114 Å². The van der Waals surface area contributed by atoms with Crippen LogP contribution in [0.15, 0.2) is 0 Å². The number of ketones is 2. The van der Waals surface area contributed by atoms with Gasteiger partial charge in [0.05, 0.1) is 79.3 Å². The van der Waals surface area contributed by atoms with Gasteiger partial charge in [0.2, 0.25) is 53.2 Å². The summed E-state index contributed by atoms with van der Waals surface area (Å²) in [4.78, 5) is 191. The van der Waals surface area contributed by atoms with Crippen LogP contribution in [-0.2, 0) is 115 Å². The largest absolute Gasteiger partial charge is 0.481 e. The number of hydrogen-bond donors (Lipinski definition) is 13. The summed E-state index contributed by atoms with van der Waals surface area (Å²) >= 11 is 0. The smallest absolute Gasteiger partial charge is 0.326 e. The summed E-state index contributed by atoms with van der Waals surface area (Å²) in [6, 6.07) is -3.40. The van der Waals surface area contributed by atoms with Crippen LogP contribution >= 0.6 is 0 Å². The van der Waals surface area contributed by atoms with Gasteiger partial charge in [-0.1, -0.05) is 235 Å². The van der Waals surface area contributed by atoms with Crippen molar-refractivity contribution < 1.29 is 140 Å². The number of amides is 9. The van der Waals surface area contributed by atoms with Gasteiger partial charge in [-0.3, -0.25) is 67.1 Å². The summed E-state index contributed by atoms with van der Waals surface area (Å²) in [6.07, 6.45) is 42.8. The summed E-state index contributed by atoms with van der Waals surface area (Å²) in [5.41, 5.74) is -0.861. The van der Waals surface area contributed by atoms with E-state index in [1.54, 1.807) is 0 Å². The van der Waals surface area contributed by atoms with Gasteiger partial charge in [0.15, 0.2) is 11.6 Å². The molecular weight excluding hydrogens is 1830 g/mol. The van der Waals surface area contributed by atoms with Crippen molar-refractivity contribution in [3.63, 3.8) is 0 Å². The maximum absolute atomic E-state index is 13.1. The molecule has 9 amide bonds. The minimum atomic E-state index is -1.36. The third kappa shape index (κ3) is 82.6. The number of piperidine rings is 1. The minimum absolute atomic E-state index is 0.00263. The van der Waals surface area contributed by atoms with Crippen LogP contribution in [0.1, 0.15) is 364 Å². The Labute approximate surface area is 840 Å². The van der Waals surface area contributed by atoms with Crippen LogP contribution in [0.3, 0.4) is 0 Å². The summed E-state index contributed by atoms with van der Waals surface area (Å²) < 4.78 is 42.3. The van der Waals surface area contributed by atoms with Gasteiger partial charge in [-0.25, -0.2) is 9.59 Å². The Hall–Kier alpha value is -8.40.